The van der Waals surface area contributed by atoms with Crippen molar-refractivity contribution in [3.05, 3.63) is 41.0 Å². The predicted octanol–water partition coefficient (Wildman–Crippen LogP) is 4.49. The summed E-state index contributed by atoms with van der Waals surface area (Å²) in [6.07, 6.45) is 1.64. The number of aromatic nitrogens is 2. The molecule has 23 heavy (non-hydrogen) atoms. The van der Waals surface area contributed by atoms with Crippen LogP contribution in [0, 0.1) is 13.8 Å². The molecule has 0 saturated heterocycles. The van der Waals surface area contributed by atoms with E-state index in [1.165, 1.54) is 15.8 Å². The Morgan fingerprint density at radius 3 is 2.57 bits per heavy atom. The molecule has 0 atom stereocenters. The number of hydrogen-bond acceptors (Lipinski definition) is 6. The van der Waals surface area contributed by atoms with Crippen molar-refractivity contribution in [3.63, 3.8) is 0 Å². The Hall–Kier alpha value is -1.79. The van der Waals surface area contributed by atoms with Crippen LogP contribution < -0.4 is 9.47 Å². The van der Waals surface area contributed by atoms with Gasteiger partial charge in [0.2, 0.25) is 0 Å². The van der Waals surface area contributed by atoms with Crippen LogP contribution in [0.4, 0.5) is 0 Å². The number of fused-ring (bicyclic) bond motifs is 1. The fourth-order valence-electron chi connectivity index (χ4n) is 2.23. The summed E-state index contributed by atoms with van der Waals surface area (Å²) in [5.74, 6) is 2.52. The van der Waals surface area contributed by atoms with E-state index in [0.29, 0.717) is 6.61 Å². The van der Waals surface area contributed by atoms with Gasteiger partial charge in [0.15, 0.2) is 0 Å². The van der Waals surface area contributed by atoms with E-state index >= 15 is 0 Å². The molecule has 0 aliphatic heterocycles. The maximum absolute atomic E-state index is 5.76. The normalized spacial score (nSPS) is 10.9. The lowest BCUT2D eigenvalue weighted by molar-refractivity contribution is 0.342. The molecular weight excluding hydrogens is 328 g/mol. The van der Waals surface area contributed by atoms with E-state index in [1.807, 2.05) is 24.3 Å². The highest BCUT2D eigenvalue weighted by Gasteiger charge is 2.12. The topological polar surface area (TPSA) is 44.2 Å². The molecule has 0 saturated carbocycles. The quantitative estimate of drug-likeness (QED) is 0.374. The van der Waals surface area contributed by atoms with Gasteiger partial charge in [0.1, 0.15) is 27.7 Å². The Morgan fingerprint density at radius 1 is 1.09 bits per heavy atom. The smallest absolute Gasteiger partial charge is 0.128 e. The first-order valence-corrected chi connectivity index (χ1v) is 9.09. The van der Waals surface area contributed by atoms with Crippen LogP contribution in [0.5, 0.6) is 11.5 Å². The number of benzene rings is 1. The second kappa shape index (κ2) is 7.19. The number of rotatable bonds is 6. The maximum Gasteiger partial charge on any atom is 0.128 e. The fraction of sp³-hybridized carbons (Fsp3) is 0.294. The Kier molecular flexibility index (Phi) is 5.03. The number of methoxy groups -OCH3 is 1. The molecule has 4 nitrogen and oxygen atoms in total. The van der Waals surface area contributed by atoms with E-state index in [-0.39, 0.29) is 0 Å². The summed E-state index contributed by atoms with van der Waals surface area (Å²) in [5, 5.41) is 2.22. The second-order valence-electron chi connectivity index (χ2n) is 5.01. The molecule has 1 aromatic carbocycles. The van der Waals surface area contributed by atoms with Crippen molar-refractivity contribution < 1.29 is 9.47 Å². The van der Waals surface area contributed by atoms with Gasteiger partial charge < -0.3 is 9.47 Å². The molecule has 0 fully saturated rings. The molecule has 120 valence electrons. The number of thiophene rings is 1. The van der Waals surface area contributed by atoms with Crippen molar-refractivity contribution in [2.24, 2.45) is 0 Å². The zero-order valence-corrected chi connectivity index (χ0v) is 15.0. The van der Waals surface area contributed by atoms with Crippen molar-refractivity contribution in [1.82, 2.24) is 9.97 Å². The van der Waals surface area contributed by atoms with Crippen LogP contribution in [0.2, 0.25) is 0 Å². The summed E-state index contributed by atoms with van der Waals surface area (Å²) in [7, 11) is 1.66. The van der Waals surface area contributed by atoms with Gasteiger partial charge in [-0.1, -0.05) is 0 Å². The molecule has 2 aromatic heterocycles. The minimum absolute atomic E-state index is 0.630. The highest BCUT2D eigenvalue weighted by atomic mass is 32.2. The molecular formula is C17H18N2O2S2. The van der Waals surface area contributed by atoms with Crippen LogP contribution >= 0.6 is 23.1 Å². The molecule has 0 bridgehead atoms. The summed E-state index contributed by atoms with van der Waals surface area (Å²) >= 11 is 3.44. The van der Waals surface area contributed by atoms with E-state index in [9.17, 15) is 0 Å². The molecule has 0 aliphatic carbocycles. The molecule has 0 amide bonds. The first-order valence-electron chi connectivity index (χ1n) is 7.29. The standard InChI is InChI=1S/C17H18N2O2S2/c1-11-12(2)23-17-15(11)16(18-10-19-17)22-9-8-21-14-6-4-13(20-3)5-7-14/h4-7,10H,8-9H2,1-3H3. The maximum atomic E-state index is 5.76. The van der Waals surface area contributed by atoms with Crippen LogP contribution in [0.1, 0.15) is 10.4 Å². The average molecular weight is 346 g/mol. The Bertz CT molecular complexity index is 800. The summed E-state index contributed by atoms with van der Waals surface area (Å²) in [4.78, 5) is 11.2. The number of hydrogen-bond donors (Lipinski definition) is 0. The average Bonchev–Trinajstić information content (AvgIpc) is 2.87. The molecule has 0 radical (unpaired) electrons. The predicted molar refractivity (Wildman–Crippen MR) is 96.1 cm³/mol. The van der Waals surface area contributed by atoms with Gasteiger partial charge in [-0.15, -0.1) is 23.1 Å². The Balaban J connectivity index is 1.60. The molecule has 3 rings (SSSR count). The highest BCUT2D eigenvalue weighted by molar-refractivity contribution is 7.99. The molecule has 0 unspecified atom stereocenters. The molecule has 2 heterocycles. The molecule has 6 heteroatoms. The third-order valence-corrected chi connectivity index (χ3v) is 5.65. The van der Waals surface area contributed by atoms with E-state index in [0.717, 1.165) is 27.1 Å². The number of nitrogens with zero attached hydrogens (tertiary/aromatic N) is 2. The first-order chi connectivity index (χ1) is 11.2. The van der Waals surface area contributed by atoms with Gasteiger partial charge in [0, 0.05) is 16.0 Å². The lowest BCUT2D eigenvalue weighted by Crippen LogP contribution is -2.00. The third-order valence-electron chi connectivity index (χ3n) is 3.58. The Labute approximate surface area is 143 Å². The van der Waals surface area contributed by atoms with E-state index < -0.39 is 0 Å². The van der Waals surface area contributed by atoms with Gasteiger partial charge in [-0.25, -0.2) is 9.97 Å². The number of thioether (sulfide) groups is 1. The monoisotopic (exact) mass is 346 g/mol. The minimum Gasteiger partial charge on any atom is -0.497 e. The lowest BCUT2D eigenvalue weighted by atomic mass is 10.2. The van der Waals surface area contributed by atoms with Crippen molar-refractivity contribution in [2.45, 2.75) is 18.9 Å². The SMILES string of the molecule is COc1ccc(OCCSc2ncnc3sc(C)c(C)c23)cc1. The lowest BCUT2D eigenvalue weighted by Gasteiger charge is -2.07. The van der Waals surface area contributed by atoms with Crippen LogP contribution in [-0.4, -0.2) is 29.4 Å². The van der Waals surface area contributed by atoms with Gasteiger partial charge in [-0.3, -0.25) is 0 Å². The van der Waals surface area contributed by atoms with E-state index in [4.69, 9.17) is 9.47 Å². The van der Waals surface area contributed by atoms with Gasteiger partial charge in [-0.05, 0) is 43.7 Å². The zero-order valence-electron chi connectivity index (χ0n) is 13.3. The zero-order chi connectivity index (χ0) is 16.2. The van der Waals surface area contributed by atoms with Crippen molar-refractivity contribution in [1.29, 1.82) is 0 Å². The molecule has 0 spiro atoms. The minimum atomic E-state index is 0.630. The van der Waals surface area contributed by atoms with E-state index in [2.05, 4.69) is 23.8 Å². The van der Waals surface area contributed by atoms with Crippen molar-refractivity contribution in [3.8, 4) is 11.5 Å². The van der Waals surface area contributed by atoms with E-state index in [1.54, 1.807) is 36.5 Å². The highest BCUT2D eigenvalue weighted by Crippen LogP contribution is 2.34. The van der Waals surface area contributed by atoms with Gasteiger partial charge in [0.25, 0.3) is 0 Å². The van der Waals surface area contributed by atoms with Gasteiger partial charge >= 0.3 is 0 Å². The number of ether oxygens (including phenoxy) is 2. The van der Waals surface area contributed by atoms with Crippen molar-refractivity contribution in [2.75, 3.05) is 19.5 Å². The van der Waals surface area contributed by atoms with Gasteiger partial charge in [0.05, 0.1) is 13.7 Å². The number of aryl methyl sites for hydroxylation is 2. The summed E-state index contributed by atoms with van der Waals surface area (Å²) in [6.45, 7) is 4.89. The fourth-order valence-corrected chi connectivity index (χ4v) is 4.17. The molecule has 0 aliphatic rings. The largest absolute Gasteiger partial charge is 0.497 e. The van der Waals surface area contributed by atoms with Gasteiger partial charge in [-0.2, -0.15) is 0 Å². The van der Waals surface area contributed by atoms with Crippen LogP contribution in [0.3, 0.4) is 0 Å². The molecule has 0 N–H and O–H groups in total. The Morgan fingerprint density at radius 2 is 1.83 bits per heavy atom. The molecule has 3 aromatic rings. The third kappa shape index (κ3) is 3.59. The van der Waals surface area contributed by atoms with Crippen LogP contribution in [0.15, 0.2) is 35.6 Å². The summed E-state index contributed by atoms with van der Waals surface area (Å²) in [5.41, 5.74) is 1.28. The van der Waals surface area contributed by atoms with Crippen molar-refractivity contribution >= 4 is 33.3 Å². The summed E-state index contributed by atoms with van der Waals surface area (Å²) < 4.78 is 10.9. The second-order valence-corrected chi connectivity index (χ2v) is 7.30. The van der Waals surface area contributed by atoms with Crippen LogP contribution in [0.25, 0.3) is 10.2 Å². The van der Waals surface area contributed by atoms with Crippen LogP contribution in [-0.2, 0) is 0 Å². The summed E-state index contributed by atoms with van der Waals surface area (Å²) in [6, 6.07) is 7.62. The first kappa shape index (κ1) is 16.1.